The van der Waals surface area contributed by atoms with Crippen molar-refractivity contribution in [1.82, 2.24) is 9.97 Å². The molecule has 1 heterocycles. The first-order chi connectivity index (χ1) is 8.60. The molecule has 0 unspecified atom stereocenters. The molecule has 0 aromatic carbocycles. The Morgan fingerprint density at radius 1 is 1.44 bits per heavy atom. The van der Waals surface area contributed by atoms with Crippen molar-refractivity contribution in [3.05, 3.63) is 17.7 Å². The zero-order valence-corrected chi connectivity index (χ0v) is 11.8. The van der Waals surface area contributed by atoms with Crippen LogP contribution < -0.4 is 10.6 Å². The van der Waals surface area contributed by atoms with Crippen molar-refractivity contribution in [2.75, 3.05) is 31.7 Å². The van der Waals surface area contributed by atoms with Crippen molar-refractivity contribution in [3.63, 3.8) is 0 Å². The third-order valence-corrected chi connectivity index (χ3v) is 2.76. The molecule has 1 rings (SSSR count). The third kappa shape index (κ3) is 3.92. The topological polar surface area (TPSA) is 64.3 Å². The number of anilines is 1. The van der Waals surface area contributed by atoms with E-state index in [2.05, 4.69) is 28.7 Å². The van der Waals surface area contributed by atoms with E-state index in [0.29, 0.717) is 19.1 Å². The number of nitrogens with zero attached hydrogens (tertiary/aromatic N) is 3. The average Bonchev–Trinajstić information content (AvgIpc) is 2.38. The summed E-state index contributed by atoms with van der Waals surface area (Å²) in [6.07, 6.45) is 1.86. The Kier molecular flexibility index (Phi) is 6.01. The van der Waals surface area contributed by atoms with Gasteiger partial charge in [-0.1, -0.05) is 13.8 Å². The Bertz CT molecular complexity index is 368. The molecule has 0 aliphatic rings. The van der Waals surface area contributed by atoms with E-state index in [1.54, 1.807) is 0 Å². The monoisotopic (exact) mass is 252 g/mol. The number of ether oxygens (including phenoxy) is 1. The Balaban J connectivity index is 2.81. The molecule has 5 heteroatoms. The van der Waals surface area contributed by atoms with E-state index in [-0.39, 0.29) is 0 Å². The zero-order chi connectivity index (χ0) is 13.5. The van der Waals surface area contributed by atoms with Crippen molar-refractivity contribution in [3.8, 4) is 0 Å². The van der Waals surface area contributed by atoms with E-state index < -0.39 is 0 Å². The van der Waals surface area contributed by atoms with E-state index >= 15 is 0 Å². The first-order valence-corrected chi connectivity index (χ1v) is 6.44. The number of aromatic nitrogens is 2. The van der Waals surface area contributed by atoms with Crippen LogP contribution in [0, 0.1) is 0 Å². The third-order valence-electron chi connectivity index (χ3n) is 2.76. The summed E-state index contributed by atoms with van der Waals surface area (Å²) in [5, 5.41) is 0. The van der Waals surface area contributed by atoms with Crippen LogP contribution in [-0.4, -0.2) is 36.8 Å². The molecule has 0 fully saturated rings. The molecule has 1 aromatic rings. The summed E-state index contributed by atoms with van der Waals surface area (Å²) in [5.74, 6) is 1.16. The van der Waals surface area contributed by atoms with Crippen LogP contribution in [0.4, 0.5) is 5.69 Å². The minimum Gasteiger partial charge on any atom is -0.380 e. The van der Waals surface area contributed by atoms with Crippen LogP contribution >= 0.6 is 0 Å². The van der Waals surface area contributed by atoms with E-state index in [9.17, 15) is 0 Å². The van der Waals surface area contributed by atoms with Crippen LogP contribution in [0.3, 0.4) is 0 Å². The number of nitrogens with two attached hydrogens (primary N) is 1. The molecule has 0 amide bonds. The fourth-order valence-electron chi connectivity index (χ4n) is 1.64. The lowest BCUT2D eigenvalue weighted by Gasteiger charge is -2.21. The maximum atomic E-state index is 5.76. The molecule has 102 valence electrons. The molecule has 0 radical (unpaired) electrons. The molecule has 0 aliphatic heterocycles. The summed E-state index contributed by atoms with van der Waals surface area (Å²) in [5.41, 5.74) is 7.65. The van der Waals surface area contributed by atoms with Gasteiger partial charge >= 0.3 is 0 Å². The SMILES string of the molecule is CCOCCN(C)c1cnc(C(C)C)nc1CN. The molecule has 0 atom stereocenters. The van der Waals surface area contributed by atoms with Gasteiger partial charge in [0.15, 0.2) is 0 Å². The van der Waals surface area contributed by atoms with Gasteiger partial charge in [-0.2, -0.15) is 0 Å². The highest BCUT2D eigenvalue weighted by atomic mass is 16.5. The molecule has 5 nitrogen and oxygen atoms in total. The Labute approximate surface area is 109 Å². The fourth-order valence-corrected chi connectivity index (χ4v) is 1.64. The molecule has 2 N–H and O–H groups in total. The van der Waals surface area contributed by atoms with Gasteiger partial charge < -0.3 is 15.4 Å². The molecule has 0 spiro atoms. The normalized spacial score (nSPS) is 11.0. The predicted octanol–water partition coefficient (Wildman–Crippen LogP) is 1.53. The van der Waals surface area contributed by atoms with Crippen molar-refractivity contribution < 1.29 is 4.74 Å². The summed E-state index contributed by atoms with van der Waals surface area (Å²) in [4.78, 5) is 11.0. The lowest BCUT2D eigenvalue weighted by molar-refractivity contribution is 0.154. The number of rotatable bonds is 7. The minimum absolute atomic E-state index is 0.318. The van der Waals surface area contributed by atoms with Crippen LogP contribution in [0.1, 0.15) is 38.2 Å². The minimum atomic E-state index is 0.318. The van der Waals surface area contributed by atoms with Gasteiger partial charge in [0, 0.05) is 32.7 Å². The van der Waals surface area contributed by atoms with E-state index in [1.165, 1.54) is 0 Å². The smallest absolute Gasteiger partial charge is 0.131 e. The molecule has 1 aromatic heterocycles. The Morgan fingerprint density at radius 2 is 2.17 bits per heavy atom. The van der Waals surface area contributed by atoms with Gasteiger partial charge in [-0.25, -0.2) is 9.97 Å². The summed E-state index contributed by atoms with van der Waals surface area (Å²) in [6, 6.07) is 0. The quantitative estimate of drug-likeness (QED) is 0.746. The van der Waals surface area contributed by atoms with Crippen molar-refractivity contribution in [2.45, 2.75) is 33.2 Å². The lowest BCUT2D eigenvalue weighted by atomic mass is 10.2. The highest BCUT2D eigenvalue weighted by molar-refractivity contribution is 5.48. The molecule has 18 heavy (non-hydrogen) atoms. The number of hydrogen-bond acceptors (Lipinski definition) is 5. The standard InChI is InChI=1S/C13H24N4O/c1-5-18-7-6-17(4)12-9-15-13(10(2)3)16-11(12)8-14/h9-10H,5-8,14H2,1-4H3. The van der Waals surface area contributed by atoms with E-state index in [4.69, 9.17) is 10.5 Å². The van der Waals surface area contributed by atoms with Crippen LogP contribution in [0.15, 0.2) is 6.20 Å². The van der Waals surface area contributed by atoms with Gasteiger partial charge in [0.05, 0.1) is 24.2 Å². The largest absolute Gasteiger partial charge is 0.380 e. The Hall–Kier alpha value is -1.20. The second-order valence-corrected chi connectivity index (χ2v) is 4.54. The van der Waals surface area contributed by atoms with Gasteiger partial charge in [0.1, 0.15) is 5.82 Å². The van der Waals surface area contributed by atoms with Gasteiger partial charge in [-0.05, 0) is 6.92 Å². The van der Waals surface area contributed by atoms with Crippen molar-refractivity contribution >= 4 is 5.69 Å². The second kappa shape index (κ2) is 7.28. The first kappa shape index (κ1) is 14.9. The lowest BCUT2D eigenvalue weighted by Crippen LogP contribution is -2.25. The number of hydrogen-bond donors (Lipinski definition) is 1. The first-order valence-electron chi connectivity index (χ1n) is 6.44. The highest BCUT2D eigenvalue weighted by Gasteiger charge is 2.11. The Morgan fingerprint density at radius 3 is 2.72 bits per heavy atom. The summed E-state index contributed by atoms with van der Waals surface area (Å²) in [6.45, 7) is 8.82. The maximum absolute atomic E-state index is 5.76. The molecular weight excluding hydrogens is 228 g/mol. The van der Waals surface area contributed by atoms with Crippen LogP contribution in [0.25, 0.3) is 0 Å². The highest BCUT2D eigenvalue weighted by Crippen LogP contribution is 2.18. The van der Waals surface area contributed by atoms with E-state index in [1.807, 2.05) is 20.2 Å². The van der Waals surface area contributed by atoms with Gasteiger partial charge in [-0.15, -0.1) is 0 Å². The molecule has 0 bridgehead atoms. The fraction of sp³-hybridized carbons (Fsp3) is 0.692. The maximum Gasteiger partial charge on any atom is 0.131 e. The second-order valence-electron chi connectivity index (χ2n) is 4.54. The molecule has 0 saturated heterocycles. The van der Waals surface area contributed by atoms with Crippen molar-refractivity contribution in [1.29, 1.82) is 0 Å². The van der Waals surface area contributed by atoms with Gasteiger partial charge in [0.25, 0.3) is 0 Å². The molecule has 0 saturated carbocycles. The molecule has 0 aliphatic carbocycles. The average molecular weight is 252 g/mol. The van der Waals surface area contributed by atoms with Crippen LogP contribution in [0.5, 0.6) is 0 Å². The van der Waals surface area contributed by atoms with Crippen molar-refractivity contribution in [2.24, 2.45) is 5.73 Å². The van der Waals surface area contributed by atoms with E-state index in [0.717, 1.165) is 30.4 Å². The summed E-state index contributed by atoms with van der Waals surface area (Å²) < 4.78 is 5.35. The summed E-state index contributed by atoms with van der Waals surface area (Å²) in [7, 11) is 2.01. The van der Waals surface area contributed by atoms with Crippen LogP contribution in [-0.2, 0) is 11.3 Å². The van der Waals surface area contributed by atoms with Gasteiger partial charge in [-0.3, -0.25) is 0 Å². The van der Waals surface area contributed by atoms with Gasteiger partial charge in [0.2, 0.25) is 0 Å². The molecular formula is C13H24N4O. The van der Waals surface area contributed by atoms with Crippen LogP contribution in [0.2, 0.25) is 0 Å². The number of likely N-dealkylation sites (N-methyl/N-ethyl adjacent to an activating group) is 1. The predicted molar refractivity (Wildman–Crippen MR) is 73.8 cm³/mol. The zero-order valence-electron chi connectivity index (χ0n) is 11.8. The summed E-state index contributed by atoms with van der Waals surface area (Å²) >= 11 is 0.